The van der Waals surface area contributed by atoms with Gasteiger partial charge in [0, 0.05) is 0 Å². The van der Waals surface area contributed by atoms with Gasteiger partial charge in [-0.3, -0.25) is 0 Å². The van der Waals surface area contributed by atoms with Gasteiger partial charge in [0.1, 0.15) is 31.8 Å². The smallest absolute Gasteiger partial charge is 0.0620 e. The molecule has 0 bridgehead atoms. The Bertz CT molecular complexity index is 1240. The molecule has 0 atom stereocenters. The van der Waals surface area contributed by atoms with E-state index < -0.39 is 34.2 Å². The van der Waals surface area contributed by atoms with Gasteiger partial charge >= 0.3 is 25.6 Å². The minimum Gasteiger partial charge on any atom is -0.0620 e. The van der Waals surface area contributed by atoms with Gasteiger partial charge in [-0.2, -0.15) is 0 Å². The van der Waals surface area contributed by atoms with Gasteiger partial charge in [-0.15, -0.1) is 0 Å². The van der Waals surface area contributed by atoms with Crippen LogP contribution in [0.5, 0.6) is 0 Å². The van der Waals surface area contributed by atoms with E-state index in [4.69, 9.17) is 7.30 Å². The molecule has 0 radical (unpaired) electrons. The summed E-state index contributed by atoms with van der Waals surface area (Å²) in [5.41, 5.74) is 0. The van der Waals surface area contributed by atoms with Crippen LogP contribution in [0.25, 0.3) is 0 Å². The molecule has 0 fully saturated rings. The molecule has 6 rings (SSSR count). The van der Waals surface area contributed by atoms with Crippen molar-refractivity contribution in [2.24, 2.45) is 0 Å². The van der Waals surface area contributed by atoms with Crippen LogP contribution in [0.15, 0.2) is 182 Å². The molecule has 0 aliphatic heterocycles. The number of rotatable bonds is 6. The normalized spacial score (nSPS) is 9.98. The molecule has 42 heavy (non-hydrogen) atoms. The van der Waals surface area contributed by atoms with Crippen molar-refractivity contribution >= 4 is 47.7 Å². The Labute approximate surface area is 277 Å². The molecule has 0 unspecified atom stereocenters. The summed E-state index contributed by atoms with van der Waals surface area (Å²) in [6.45, 7) is 0. The van der Waals surface area contributed by atoms with E-state index in [-0.39, 0.29) is 24.0 Å². The second-order valence-corrected chi connectivity index (χ2v) is 14.4. The van der Waals surface area contributed by atoms with Gasteiger partial charge in [-0.25, -0.2) is 0 Å². The molecule has 0 aromatic heterocycles. The van der Waals surface area contributed by atoms with Gasteiger partial charge in [0.05, 0.1) is 15.8 Å². The minimum absolute atomic E-state index is 0. The second kappa shape index (κ2) is 19.5. The summed E-state index contributed by atoms with van der Waals surface area (Å²) >= 11 is -2.17. The van der Waals surface area contributed by atoms with E-state index in [1.54, 1.807) is 0 Å². The molecule has 0 heterocycles. The zero-order valence-electron chi connectivity index (χ0n) is 22.9. The van der Waals surface area contributed by atoms with Crippen LogP contribution in [0.1, 0.15) is 0 Å². The molecule has 6 aromatic rings. The third-order valence-electron chi connectivity index (χ3n) is 6.37. The zero-order valence-corrected chi connectivity index (χ0v) is 29.8. The number of halogens is 1. The molecule has 0 aliphatic carbocycles. The van der Waals surface area contributed by atoms with E-state index in [1.165, 1.54) is 31.8 Å². The quantitative estimate of drug-likeness (QED) is 0.190. The fourth-order valence-corrected chi connectivity index (χ4v) is 9.78. The van der Waals surface area contributed by atoms with Crippen molar-refractivity contribution < 1.29 is 49.6 Å². The van der Waals surface area contributed by atoms with Gasteiger partial charge in [-0.1, -0.05) is 109 Å². The molecule has 0 saturated heterocycles. The second-order valence-electron chi connectivity index (χ2n) is 9.01. The molecule has 6 heteroatoms. The Balaban J connectivity index is 0.000000207. The molecule has 0 aliphatic rings. The Morgan fingerprint density at radius 2 is 0.452 bits per heavy atom. The van der Waals surface area contributed by atoms with E-state index in [1.807, 2.05) is 0 Å². The van der Waals surface area contributed by atoms with Gasteiger partial charge in [0.2, 0.25) is 0 Å². The molecule has 212 valence electrons. The summed E-state index contributed by atoms with van der Waals surface area (Å²) in [5, 5.41) is 8.61. The molecule has 0 amide bonds. The zero-order chi connectivity index (χ0) is 28.5. The molecule has 0 saturated carbocycles. The van der Waals surface area contributed by atoms with E-state index in [2.05, 4.69) is 182 Å². The van der Waals surface area contributed by atoms with Crippen molar-refractivity contribution in [1.29, 1.82) is 0 Å². The Hall–Kier alpha value is -2.67. The number of benzene rings is 6. The van der Waals surface area contributed by atoms with Gasteiger partial charge < -0.3 is 24.0 Å². The summed E-state index contributed by atoms with van der Waals surface area (Å²) in [4.78, 5) is 0. The first-order valence-corrected chi connectivity index (χ1v) is 18.5. The molecule has 2 nitrogen and oxygen atoms in total. The first kappa shape index (κ1) is 33.8. The van der Waals surface area contributed by atoms with Crippen molar-refractivity contribution in [1.82, 2.24) is 0 Å². The van der Waals surface area contributed by atoms with E-state index in [0.29, 0.717) is 0 Å². The summed E-state index contributed by atoms with van der Waals surface area (Å²) in [6, 6.07) is 65.0. The third kappa shape index (κ3) is 10.3. The van der Waals surface area contributed by atoms with Crippen LogP contribution >= 0.6 is 15.8 Å². The van der Waals surface area contributed by atoms with E-state index in [9.17, 15) is 0 Å². The molecule has 0 N–H and O–H groups in total. The van der Waals surface area contributed by atoms with E-state index >= 15 is 0 Å². The van der Waals surface area contributed by atoms with Crippen molar-refractivity contribution in [3.05, 3.63) is 182 Å². The van der Waals surface area contributed by atoms with Crippen molar-refractivity contribution in [2.45, 2.75) is 0 Å². The SMILES string of the molecule is [I-].[O]=[Re][O-].c1ccc([PH+](c2ccccc2)c2ccccc2)cc1.c1ccc([PH+](c2ccccc2)c2ccccc2)cc1. The van der Waals surface area contributed by atoms with Crippen LogP contribution in [-0.2, 0) is 21.8 Å². The van der Waals surface area contributed by atoms with E-state index in [0.717, 1.165) is 0 Å². The topological polar surface area (TPSA) is 40.1 Å². The average molecular weight is 872 g/mol. The fourth-order valence-electron chi connectivity index (χ4n) is 4.63. The molecular weight excluding hydrogens is 839 g/mol. The first-order chi connectivity index (χ1) is 20.3. The Kier molecular flexibility index (Phi) is 15.7. The number of hydrogen-bond acceptors (Lipinski definition) is 2. The summed E-state index contributed by atoms with van der Waals surface area (Å²) in [5.74, 6) is 0. The molecule has 0 spiro atoms. The molecular formula is C36H32IO2P2Re. The van der Waals surface area contributed by atoms with Crippen LogP contribution in [0.2, 0.25) is 0 Å². The van der Waals surface area contributed by atoms with Crippen LogP contribution in [0, 0.1) is 0 Å². The van der Waals surface area contributed by atoms with Crippen LogP contribution in [-0.4, -0.2) is 0 Å². The van der Waals surface area contributed by atoms with Gasteiger partial charge in [0.25, 0.3) is 0 Å². The summed E-state index contributed by atoms with van der Waals surface area (Å²) < 4.78 is 17.1. The maximum Gasteiger partial charge on any atom is 0.102 e. The predicted octanol–water partition coefficient (Wildman–Crippen LogP) is 2.05. The fraction of sp³-hybridized carbons (Fsp3) is 0. The minimum atomic E-state index is -2.17. The van der Waals surface area contributed by atoms with Crippen molar-refractivity contribution in [3.63, 3.8) is 0 Å². The first-order valence-electron chi connectivity index (χ1n) is 13.3. The van der Waals surface area contributed by atoms with Crippen LogP contribution in [0.3, 0.4) is 0 Å². The number of hydrogen-bond donors (Lipinski definition) is 0. The van der Waals surface area contributed by atoms with Crippen LogP contribution in [0.4, 0.5) is 0 Å². The molecule has 6 aromatic carbocycles. The van der Waals surface area contributed by atoms with Crippen molar-refractivity contribution in [3.8, 4) is 0 Å². The predicted molar refractivity (Wildman–Crippen MR) is 174 cm³/mol. The largest absolute Gasteiger partial charge is 0.102 e. The monoisotopic (exact) mass is 872 g/mol. The van der Waals surface area contributed by atoms with Gasteiger partial charge in [0.15, 0.2) is 0 Å². The maximum absolute atomic E-state index is 8.53. The van der Waals surface area contributed by atoms with Crippen LogP contribution < -0.4 is 59.6 Å². The summed E-state index contributed by atoms with van der Waals surface area (Å²) in [6.07, 6.45) is 0. The average Bonchev–Trinajstić information content (AvgIpc) is 3.05. The summed E-state index contributed by atoms with van der Waals surface area (Å²) in [7, 11) is -1.75. The maximum atomic E-state index is 8.53. The third-order valence-corrected chi connectivity index (χ3v) is 11.8. The van der Waals surface area contributed by atoms with Gasteiger partial charge in [-0.05, 0) is 72.8 Å². The Morgan fingerprint density at radius 3 is 0.571 bits per heavy atom. The van der Waals surface area contributed by atoms with Crippen molar-refractivity contribution in [2.75, 3.05) is 0 Å². The Morgan fingerprint density at radius 1 is 0.333 bits per heavy atom. The standard InChI is InChI=1S/2C18H15P.HI.2O.Re/c2*1-4-10-16(11-5-1)19(17-12-6-2-7-13-17)18-14-8-3-9-15-18;;;;/h2*1-15H;1H;;;/q;;;;-1;/p+1.